The first-order chi connectivity index (χ1) is 9.65. The molecule has 0 aliphatic rings. The summed E-state index contributed by atoms with van der Waals surface area (Å²) >= 11 is 0. The Bertz CT molecular complexity index is 749. The molecule has 3 aromatic rings. The van der Waals surface area contributed by atoms with E-state index >= 15 is 0 Å². The lowest BCUT2D eigenvalue weighted by atomic mass is 10.1. The minimum atomic E-state index is -0.414. The van der Waals surface area contributed by atoms with Crippen molar-refractivity contribution < 1.29 is 4.39 Å². The van der Waals surface area contributed by atoms with Gasteiger partial charge in [0.1, 0.15) is 5.82 Å². The van der Waals surface area contributed by atoms with Crippen LogP contribution in [-0.2, 0) is 0 Å². The zero-order valence-electron chi connectivity index (χ0n) is 10.8. The highest BCUT2D eigenvalue weighted by Gasteiger charge is 2.15. The van der Waals surface area contributed by atoms with Crippen molar-refractivity contribution in [1.82, 2.24) is 20.2 Å². The van der Waals surface area contributed by atoms with Gasteiger partial charge in [0.05, 0.1) is 11.3 Å². The van der Waals surface area contributed by atoms with Gasteiger partial charge in [-0.3, -0.25) is 0 Å². The minimum absolute atomic E-state index is 0.274. The van der Waals surface area contributed by atoms with Gasteiger partial charge in [-0.05, 0) is 47.7 Å². The second-order valence-electron chi connectivity index (χ2n) is 4.49. The Hall–Kier alpha value is -2.76. The average molecular weight is 269 g/mol. The van der Waals surface area contributed by atoms with Crippen molar-refractivity contribution in [2.75, 3.05) is 5.73 Å². The molecule has 2 aromatic carbocycles. The highest BCUT2D eigenvalue weighted by Crippen LogP contribution is 2.24. The minimum Gasteiger partial charge on any atom is -0.399 e. The summed E-state index contributed by atoms with van der Waals surface area (Å²) in [6.07, 6.45) is 0. The third-order valence-electron chi connectivity index (χ3n) is 2.98. The van der Waals surface area contributed by atoms with Gasteiger partial charge in [0.2, 0.25) is 0 Å². The predicted molar refractivity (Wildman–Crippen MR) is 73.7 cm³/mol. The maximum atomic E-state index is 13.9. The molecule has 1 heterocycles. The van der Waals surface area contributed by atoms with Gasteiger partial charge in [0.15, 0.2) is 5.82 Å². The number of nitrogen functional groups attached to an aromatic ring is 1. The number of tetrazole rings is 1. The van der Waals surface area contributed by atoms with E-state index in [0.717, 1.165) is 11.3 Å². The SMILES string of the molecule is Cc1ccc(-n2nnnc2-c2cc(N)ccc2F)cc1. The van der Waals surface area contributed by atoms with Crippen molar-refractivity contribution in [2.45, 2.75) is 6.92 Å². The van der Waals surface area contributed by atoms with Crippen LogP contribution < -0.4 is 5.73 Å². The summed E-state index contributed by atoms with van der Waals surface area (Å²) in [4.78, 5) is 0. The van der Waals surface area contributed by atoms with Crippen LogP contribution in [0.3, 0.4) is 0 Å². The zero-order chi connectivity index (χ0) is 14.1. The molecule has 2 N–H and O–H groups in total. The number of aryl methyl sites for hydroxylation is 1. The van der Waals surface area contributed by atoms with E-state index in [9.17, 15) is 4.39 Å². The second kappa shape index (κ2) is 4.73. The van der Waals surface area contributed by atoms with Crippen molar-refractivity contribution in [2.24, 2.45) is 0 Å². The molecule has 1 aromatic heterocycles. The van der Waals surface area contributed by atoms with Gasteiger partial charge in [0.25, 0.3) is 0 Å². The lowest BCUT2D eigenvalue weighted by molar-refractivity contribution is 0.629. The fraction of sp³-hybridized carbons (Fsp3) is 0.0714. The summed E-state index contributed by atoms with van der Waals surface area (Å²) in [5, 5.41) is 11.4. The molecule has 0 saturated heterocycles. The monoisotopic (exact) mass is 269 g/mol. The van der Waals surface area contributed by atoms with Crippen LogP contribution >= 0.6 is 0 Å². The first-order valence-corrected chi connectivity index (χ1v) is 6.06. The Kier molecular flexibility index (Phi) is 2.90. The molecule has 0 fully saturated rings. The molecule has 0 bridgehead atoms. The van der Waals surface area contributed by atoms with E-state index in [1.165, 1.54) is 22.9 Å². The van der Waals surface area contributed by atoms with E-state index in [2.05, 4.69) is 15.5 Å². The van der Waals surface area contributed by atoms with Crippen LogP contribution in [0.15, 0.2) is 42.5 Å². The zero-order valence-corrected chi connectivity index (χ0v) is 10.8. The Morgan fingerprint density at radius 3 is 2.60 bits per heavy atom. The fourth-order valence-corrected chi connectivity index (χ4v) is 1.93. The van der Waals surface area contributed by atoms with Crippen molar-refractivity contribution >= 4 is 5.69 Å². The number of nitrogens with zero attached hydrogens (tertiary/aromatic N) is 4. The molecule has 0 aliphatic heterocycles. The Balaban J connectivity index is 2.15. The summed E-state index contributed by atoms with van der Waals surface area (Å²) < 4.78 is 15.4. The molecule has 6 heteroatoms. The van der Waals surface area contributed by atoms with Crippen LogP contribution in [0.4, 0.5) is 10.1 Å². The number of hydrogen-bond acceptors (Lipinski definition) is 4. The number of anilines is 1. The molecule has 0 atom stereocenters. The van der Waals surface area contributed by atoms with Crippen LogP contribution in [-0.4, -0.2) is 20.2 Å². The van der Waals surface area contributed by atoms with Gasteiger partial charge in [-0.25, -0.2) is 4.39 Å². The van der Waals surface area contributed by atoms with Crippen molar-refractivity contribution in [3.05, 3.63) is 53.8 Å². The molecule has 100 valence electrons. The lowest BCUT2D eigenvalue weighted by Crippen LogP contribution is -2.01. The molecule has 0 unspecified atom stereocenters. The number of hydrogen-bond donors (Lipinski definition) is 1. The number of rotatable bonds is 2. The molecule has 5 nitrogen and oxygen atoms in total. The maximum absolute atomic E-state index is 13.9. The number of halogens is 1. The quantitative estimate of drug-likeness (QED) is 0.725. The maximum Gasteiger partial charge on any atom is 0.190 e. The smallest absolute Gasteiger partial charge is 0.190 e. The van der Waals surface area contributed by atoms with Crippen LogP contribution in [0.1, 0.15) is 5.56 Å². The molecular formula is C14H12FN5. The van der Waals surface area contributed by atoms with E-state index < -0.39 is 5.82 Å². The van der Waals surface area contributed by atoms with E-state index in [1.807, 2.05) is 31.2 Å². The topological polar surface area (TPSA) is 69.6 Å². The van der Waals surface area contributed by atoms with Crippen molar-refractivity contribution in [1.29, 1.82) is 0 Å². The Labute approximate surface area is 114 Å². The largest absolute Gasteiger partial charge is 0.399 e. The van der Waals surface area contributed by atoms with Gasteiger partial charge in [0, 0.05) is 5.69 Å². The standard InChI is InChI=1S/C14H12FN5/c1-9-2-5-11(6-3-9)20-14(17-18-19-20)12-8-10(16)4-7-13(12)15/h2-8H,16H2,1H3. The summed E-state index contributed by atoms with van der Waals surface area (Å²) in [5.41, 5.74) is 8.31. The summed E-state index contributed by atoms with van der Waals surface area (Å²) in [6, 6.07) is 12.0. The molecule has 3 rings (SSSR count). The van der Waals surface area contributed by atoms with Crippen molar-refractivity contribution in [3.63, 3.8) is 0 Å². The second-order valence-corrected chi connectivity index (χ2v) is 4.49. The predicted octanol–water partition coefficient (Wildman–Crippen LogP) is 2.36. The Morgan fingerprint density at radius 2 is 1.85 bits per heavy atom. The first kappa shape index (κ1) is 12.3. The third kappa shape index (κ3) is 2.11. The summed E-state index contributed by atoms with van der Waals surface area (Å²) in [6.45, 7) is 1.99. The molecule has 0 spiro atoms. The molecule has 0 aliphatic carbocycles. The van der Waals surface area contributed by atoms with E-state index in [0.29, 0.717) is 11.5 Å². The molecular weight excluding hydrogens is 257 g/mol. The number of nitrogens with two attached hydrogens (primary N) is 1. The average Bonchev–Trinajstić information content (AvgIpc) is 2.91. The summed E-state index contributed by atoms with van der Waals surface area (Å²) in [7, 11) is 0. The van der Waals surface area contributed by atoms with Crippen LogP contribution in [0, 0.1) is 12.7 Å². The van der Waals surface area contributed by atoms with Crippen molar-refractivity contribution in [3.8, 4) is 17.1 Å². The van der Waals surface area contributed by atoms with Crippen LogP contribution in [0.25, 0.3) is 17.1 Å². The number of benzene rings is 2. The summed E-state index contributed by atoms with van der Waals surface area (Å²) in [5.74, 6) is -0.0963. The van der Waals surface area contributed by atoms with E-state index in [-0.39, 0.29) is 5.56 Å². The van der Waals surface area contributed by atoms with Gasteiger partial charge in [-0.1, -0.05) is 17.7 Å². The molecule has 0 saturated carbocycles. The van der Waals surface area contributed by atoms with E-state index in [4.69, 9.17) is 5.73 Å². The molecule has 20 heavy (non-hydrogen) atoms. The third-order valence-corrected chi connectivity index (χ3v) is 2.98. The van der Waals surface area contributed by atoms with Crippen LogP contribution in [0.5, 0.6) is 0 Å². The molecule has 0 amide bonds. The van der Waals surface area contributed by atoms with Gasteiger partial charge < -0.3 is 5.73 Å². The first-order valence-electron chi connectivity index (χ1n) is 6.06. The highest BCUT2D eigenvalue weighted by atomic mass is 19.1. The Morgan fingerprint density at radius 1 is 1.10 bits per heavy atom. The van der Waals surface area contributed by atoms with E-state index in [1.54, 1.807) is 0 Å². The van der Waals surface area contributed by atoms with Gasteiger partial charge in [-0.15, -0.1) is 5.10 Å². The highest BCUT2D eigenvalue weighted by molar-refractivity contribution is 5.63. The fourth-order valence-electron chi connectivity index (χ4n) is 1.93. The number of aromatic nitrogens is 4. The van der Waals surface area contributed by atoms with Gasteiger partial charge >= 0.3 is 0 Å². The lowest BCUT2D eigenvalue weighted by Gasteiger charge is -2.06. The van der Waals surface area contributed by atoms with Gasteiger partial charge in [-0.2, -0.15) is 4.68 Å². The van der Waals surface area contributed by atoms with Crippen LogP contribution in [0.2, 0.25) is 0 Å². The molecule has 0 radical (unpaired) electrons. The normalized spacial score (nSPS) is 10.7.